The first kappa shape index (κ1) is 19.0. The molecule has 7 heteroatoms. The van der Waals surface area contributed by atoms with Crippen LogP contribution in [0.15, 0.2) is 34.4 Å². The third kappa shape index (κ3) is 3.77. The van der Waals surface area contributed by atoms with Crippen molar-refractivity contribution in [2.45, 2.75) is 39.8 Å². The highest BCUT2D eigenvalue weighted by molar-refractivity contribution is 7.15. The lowest BCUT2D eigenvalue weighted by atomic mass is 9.95. The number of nitrogens with zero attached hydrogens (tertiary/aromatic N) is 2. The van der Waals surface area contributed by atoms with Crippen molar-refractivity contribution in [1.29, 1.82) is 0 Å². The molecule has 28 heavy (non-hydrogen) atoms. The Morgan fingerprint density at radius 3 is 2.79 bits per heavy atom. The zero-order chi connectivity index (χ0) is 19.7. The van der Waals surface area contributed by atoms with E-state index in [1.165, 1.54) is 11.3 Å². The predicted molar refractivity (Wildman–Crippen MR) is 111 cm³/mol. The van der Waals surface area contributed by atoms with Gasteiger partial charge in [-0.05, 0) is 30.5 Å². The van der Waals surface area contributed by atoms with E-state index in [2.05, 4.69) is 36.3 Å². The van der Waals surface area contributed by atoms with Crippen molar-refractivity contribution in [2.75, 3.05) is 13.2 Å². The number of hydrogen-bond acceptors (Lipinski definition) is 6. The molecule has 0 aliphatic carbocycles. The maximum Gasteiger partial charge on any atom is 0.259 e. The summed E-state index contributed by atoms with van der Waals surface area (Å²) in [6.07, 6.45) is 0.891. The van der Waals surface area contributed by atoms with Crippen LogP contribution in [0.25, 0.3) is 4.96 Å². The lowest BCUT2D eigenvalue weighted by Gasteiger charge is -2.24. The minimum absolute atomic E-state index is 0.0303. The molecule has 1 N–H and O–H groups in total. The summed E-state index contributed by atoms with van der Waals surface area (Å²) in [5.74, 6) is 1.96. The Kier molecular flexibility index (Phi) is 5.37. The molecule has 0 fully saturated rings. The molecule has 1 aromatic carbocycles. The molecule has 0 bridgehead atoms. The first-order valence-electron chi connectivity index (χ1n) is 9.62. The fourth-order valence-electron chi connectivity index (χ4n) is 3.52. The Balaban J connectivity index is 1.56. The monoisotopic (exact) mass is 399 g/mol. The van der Waals surface area contributed by atoms with Gasteiger partial charge in [-0.3, -0.25) is 9.20 Å². The van der Waals surface area contributed by atoms with E-state index in [4.69, 9.17) is 9.47 Å². The topological polar surface area (TPSA) is 64.9 Å². The quantitative estimate of drug-likeness (QED) is 0.708. The van der Waals surface area contributed by atoms with E-state index in [0.717, 1.165) is 39.8 Å². The molecular formula is C21H25N3O3S. The van der Waals surface area contributed by atoms with Crippen LogP contribution in [-0.4, -0.2) is 22.6 Å². The minimum atomic E-state index is -0.0303. The van der Waals surface area contributed by atoms with Gasteiger partial charge in [0.05, 0.1) is 18.9 Å². The average Bonchev–Trinajstić information content (AvgIpc) is 2.88. The SMILES string of the molecule is Cc1csc2nc(CNC(c3ccc4c(c3)OCCCO4)C(C)C)cc(=O)n12. The van der Waals surface area contributed by atoms with Gasteiger partial charge in [0.2, 0.25) is 0 Å². The van der Waals surface area contributed by atoms with E-state index in [1.54, 1.807) is 10.5 Å². The molecular weight excluding hydrogens is 374 g/mol. The number of nitrogens with one attached hydrogen (secondary N) is 1. The van der Waals surface area contributed by atoms with Crippen molar-refractivity contribution in [3.05, 3.63) is 57.0 Å². The Hall–Kier alpha value is -2.38. The Morgan fingerprint density at radius 2 is 2.00 bits per heavy atom. The summed E-state index contributed by atoms with van der Waals surface area (Å²) in [6, 6.07) is 7.86. The number of aromatic nitrogens is 2. The summed E-state index contributed by atoms with van der Waals surface area (Å²) in [5.41, 5.74) is 2.79. The van der Waals surface area contributed by atoms with Crippen LogP contribution < -0.4 is 20.3 Å². The summed E-state index contributed by atoms with van der Waals surface area (Å²) in [5, 5.41) is 5.52. The second kappa shape index (κ2) is 7.93. The van der Waals surface area contributed by atoms with Crippen LogP contribution >= 0.6 is 11.3 Å². The molecule has 148 valence electrons. The molecule has 3 heterocycles. The van der Waals surface area contributed by atoms with Crippen molar-refractivity contribution in [1.82, 2.24) is 14.7 Å². The molecule has 1 aliphatic rings. The fourth-order valence-corrected chi connectivity index (χ4v) is 4.41. The predicted octanol–water partition coefficient (Wildman–Crippen LogP) is 3.71. The van der Waals surface area contributed by atoms with E-state index in [1.807, 2.05) is 18.4 Å². The van der Waals surface area contributed by atoms with Gasteiger partial charge in [-0.2, -0.15) is 0 Å². The molecule has 1 aliphatic heterocycles. The molecule has 0 radical (unpaired) electrons. The van der Waals surface area contributed by atoms with Gasteiger partial charge < -0.3 is 14.8 Å². The molecule has 6 nitrogen and oxygen atoms in total. The van der Waals surface area contributed by atoms with Crippen molar-refractivity contribution in [3.8, 4) is 11.5 Å². The van der Waals surface area contributed by atoms with Crippen LogP contribution in [-0.2, 0) is 6.54 Å². The number of fused-ring (bicyclic) bond motifs is 2. The summed E-state index contributed by atoms with van der Waals surface area (Å²) >= 11 is 1.49. The number of thiazole rings is 1. The third-order valence-electron chi connectivity index (χ3n) is 4.93. The number of benzene rings is 1. The van der Waals surface area contributed by atoms with Crippen LogP contribution in [0.4, 0.5) is 0 Å². The number of ether oxygens (including phenoxy) is 2. The molecule has 1 unspecified atom stereocenters. The lowest BCUT2D eigenvalue weighted by Crippen LogP contribution is -2.27. The van der Waals surface area contributed by atoms with Gasteiger partial charge in [-0.1, -0.05) is 19.9 Å². The molecule has 0 amide bonds. The maximum absolute atomic E-state index is 12.4. The molecule has 3 aromatic rings. The molecule has 4 rings (SSSR count). The van der Waals surface area contributed by atoms with Gasteiger partial charge in [0.1, 0.15) is 0 Å². The van der Waals surface area contributed by atoms with Crippen molar-refractivity contribution in [3.63, 3.8) is 0 Å². The Morgan fingerprint density at radius 1 is 1.21 bits per heavy atom. The van der Waals surface area contributed by atoms with Crippen LogP contribution in [0.5, 0.6) is 11.5 Å². The van der Waals surface area contributed by atoms with Gasteiger partial charge in [-0.25, -0.2) is 4.98 Å². The number of rotatable bonds is 5. The molecule has 0 saturated heterocycles. The van der Waals surface area contributed by atoms with Gasteiger partial charge >= 0.3 is 0 Å². The normalized spacial score (nSPS) is 15.0. The highest BCUT2D eigenvalue weighted by Crippen LogP contribution is 2.34. The van der Waals surface area contributed by atoms with Crippen LogP contribution in [0, 0.1) is 12.8 Å². The van der Waals surface area contributed by atoms with E-state index < -0.39 is 0 Å². The van der Waals surface area contributed by atoms with E-state index >= 15 is 0 Å². The first-order chi connectivity index (χ1) is 13.5. The van der Waals surface area contributed by atoms with Crippen LogP contribution in [0.3, 0.4) is 0 Å². The smallest absolute Gasteiger partial charge is 0.259 e. The summed E-state index contributed by atoms with van der Waals surface area (Å²) in [7, 11) is 0. The van der Waals surface area contributed by atoms with Crippen LogP contribution in [0.1, 0.15) is 43.3 Å². The van der Waals surface area contributed by atoms with Crippen molar-refractivity contribution in [2.24, 2.45) is 5.92 Å². The third-order valence-corrected chi connectivity index (χ3v) is 5.87. The fraction of sp³-hybridized carbons (Fsp3) is 0.429. The second-order valence-electron chi connectivity index (χ2n) is 7.44. The number of hydrogen-bond donors (Lipinski definition) is 1. The van der Waals surface area contributed by atoms with Gasteiger partial charge in [0.15, 0.2) is 16.5 Å². The maximum atomic E-state index is 12.4. The molecule has 0 spiro atoms. The minimum Gasteiger partial charge on any atom is -0.490 e. The Bertz CT molecular complexity index is 1040. The zero-order valence-electron chi connectivity index (χ0n) is 16.4. The van der Waals surface area contributed by atoms with Crippen LogP contribution in [0.2, 0.25) is 0 Å². The van der Waals surface area contributed by atoms with Gasteiger partial charge in [-0.15, -0.1) is 11.3 Å². The standard InChI is InChI=1S/C21H25N3O3S/c1-13(2)20(15-5-6-17-18(9-15)27-8-4-7-26-17)22-11-16-10-19(25)24-14(3)12-28-21(24)23-16/h5-6,9-10,12-13,20,22H,4,7-8,11H2,1-3H3. The Labute approximate surface area is 168 Å². The summed E-state index contributed by atoms with van der Waals surface area (Å²) in [4.78, 5) is 17.8. The largest absolute Gasteiger partial charge is 0.490 e. The highest BCUT2D eigenvalue weighted by Gasteiger charge is 2.19. The van der Waals surface area contributed by atoms with Gasteiger partial charge in [0.25, 0.3) is 5.56 Å². The highest BCUT2D eigenvalue weighted by atomic mass is 32.1. The zero-order valence-corrected chi connectivity index (χ0v) is 17.2. The molecule has 1 atom stereocenters. The lowest BCUT2D eigenvalue weighted by molar-refractivity contribution is 0.296. The average molecular weight is 400 g/mol. The van der Waals surface area contributed by atoms with Crippen molar-refractivity contribution >= 4 is 16.3 Å². The number of aryl methyl sites for hydroxylation is 1. The summed E-state index contributed by atoms with van der Waals surface area (Å²) in [6.45, 7) is 8.15. The second-order valence-corrected chi connectivity index (χ2v) is 8.28. The summed E-state index contributed by atoms with van der Waals surface area (Å²) < 4.78 is 13.2. The van der Waals surface area contributed by atoms with Crippen molar-refractivity contribution < 1.29 is 9.47 Å². The van der Waals surface area contributed by atoms with Gasteiger partial charge in [0, 0.05) is 36.1 Å². The first-order valence-corrected chi connectivity index (χ1v) is 10.5. The van der Waals surface area contributed by atoms with E-state index in [0.29, 0.717) is 25.7 Å². The van der Waals surface area contributed by atoms with E-state index in [9.17, 15) is 4.79 Å². The van der Waals surface area contributed by atoms with E-state index in [-0.39, 0.29) is 11.6 Å². The molecule has 0 saturated carbocycles. The molecule has 2 aromatic heterocycles.